The number of esters is 1. The number of unbranched alkanes of at least 4 members (excludes halogenated alkanes) is 4. The molecular weight excluding hydrogens is 536 g/mol. The summed E-state index contributed by atoms with van der Waals surface area (Å²) in [4.78, 5) is 40.4. The first kappa shape index (κ1) is 32.7. The van der Waals surface area contributed by atoms with Crippen molar-refractivity contribution in [2.45, 2.75) is 158 Å². The number of fused-ring (bicyclic) bond motifs is 7. The minimum Gasteiger partial charge on any atom is -0.481 e. The second-order valence-corrected chi connectivity index (χ2v) is 17.7. The topological polar surface area (TPSA) is 80.7 Å². The second kappa shape index (κ2) is 11.0. The highest BCUT2D eigenvalue weighted by Gasteiger charge is 2.71. The van der Waals surface area contributed by atoms with Crippen LogP contribution in [0.1, 0.15) is 152 Å². The normalized spacial score (nSPS) is 42.9. The van der Waals surface area contributed by atoms with E-state index in [1.54, 1.807) is 0 Å². The number of aliphatic carboxylic acids is 1. The first-order chi connectivity index (χ1) is 20.0. The number of carboxylic acids is 1. The summed E-state index contributed by atoms with van der Waals surface area (Å²) in [7, 11) is 0. The van der Waals surface area contributed by atoms with Crippen LogP contribution in [0.4, 0.5) is 0 Å². The van der Waals surface area contributed by atoms with Gasteiger partial charge in [0.05, 0.1) is 5.41 Å². The van der Waals surface area contributed by atoms with E-state index in [1.165, 1.54) is 19.3 Å². The predicted molar refractivity (Wildman–Crippen MR) is 170 cm³/mol. The van der Waals surface area contributed by atoms with Crippen molar-refractivity contribution in [2.75, 3.05) is 0 Å². The number of carboxylic acid groups (broad SMARTS) is 1. The minimum absolute atomic E-state index is 0.0628. The molecule has 0 aromatic rings. The van der Waals surface area contributed by atoms with Crippen LogP contribution in [0.2, 0.25) is 0 Å². The average Bonchev–Trinajstić information content (AvgIpc) is 2.91. The van der Waals surface area contributed by atoms with Gasteiger partial charge in [-0.05, 0) is 104 Å². The zero-order valence-corrected chi connectivity index (χ0v) is 28.6. The molecule has 0 aliphatic heterocycles. The van der Waals surface area contributed by atoms with Crippen LogP contribution < -0.4 is 0 Å². The Morgan fingerprint density at radius 3 is 2.23 bits per heavy atom. The minimum atomic E-state index is -0.745. The van der Waals surface area contributed by atoms with Gasteiger partial charge in [-0.3, -0.25) is 14.4 Å². The van der Waals surface area contributed by atoms with Crippen molar-refractivity contribution in [2.24, 2.45) is 50.2 Å². The lowest BCUT2D eigenvalue weighted by atomic mass is 9.33. The highest BCUT2D eigenvalue weighted by molar-refractivity contribution is 5.96. The van der Waals surface area contributed by atoms with Crippen molar-refractivity contribution in [1.29, 1.82) is 0 Å². The Balaban J connectivity index is 1.43. The standard InChI is InChI=1S/C38H60O5/c1-9-10-11-12-13-14-30(40)43-29-16-17-35(6)28(34(29,4)5)15-18-37(8)31(35)27(39)23-25-26-24-33(2,3)19-21-38(26,32(41)42)22-20-36(25,37)7/h23,26,28-29,31H,9-22,24H2,1-8H3,(H,41,42). The average molecular weight is 597 g/mol. The molecular formula is C38H60O5. The van der Waals surface area contributed by atoms with E-state index >= 15 is 0 Å². The number of ketones is 1. The largest absolute Gasteiger partial charge is 0.481 e. The molecule has 4 saturated carbocycles. The van der Waals surface area contributed by atoms with Crippen LogP contribution in [-0.4, -0.2) is 28.9 Å². The van der Waals surface area contributed by atoms with Crippen molar-refractivity contribution >= 4 is 17.7 Å². The molecule has 0 aromatic carbocycles. The molecule has 0 saturated heterocycles. The first-order valence-corrected chi connectivity index (χ1v) is 17.7. The number of hydrogen-bond acceptors (Lipinski definition) is 4. The Kier molecular flexibility index (Phi) is 8.38. The van der Waals surface area contributed by atoms with Gasteiger partial charge in [-0.15, -0.1) is 0 Å². The van der Waals surface area contributed by atoms with Crippen molar-refractivity contribution in [3.63, 3.8) is 0 Å². The molecule has 0 spiro atoms. The second-order valence-electron chi connectivity index (χ2n) is 17.7. The summed E-state index contributed by atoms with van der Waals surface area (Å²) in [6.07, 6.45) is 15.6. The van der Waals surface area contributed by atoms with E-state index in [1.807, 2.05) is 6.08 Å². The molecule has 8 atom stereocenters. The van der Waals surface area contributed by atoms with Crippen LogP contribution in [0.15, 0.2) is 11.6 Å². The van der Waals surface area contributed by atoms with Gasteiger partial charge in [0.1, 0.15) is 6.10 Å². The molecule has 43 heavy (non-hydrogen) atoms. The van der Waals surface area contributed by atoms with Gasteiger partial charge in [0.2, 0.25) is 0 Å². The number of ether oxygens (including phenoxy) is 1. The molecule has 0 aromatic heterocycles. The van der Waals surface area contributed by atoms with E-state index in [9.17, 15) is 19.5 Å². The maximum atomic E-state index is 14.6. The van der Waals surface area contributed by atoms with Gasteiger partial charge in [-0.2, -0.15) is 0 Å². The third-order valence-electron chi connectivity index (χ3n) is 14.5. The summed E-state index contributed by atoms with van der Waals surface area (Å²) in [6, 6.07) is 0. The van der Waals surface area contributed by atoms with Gasteiger partial charge < -0.3 is 9.84 Å². The summed E-state index contributed by atoms with van der Waals surface area (Å²) in [5.41, 5.74) is -0.329. The fraction of sp³-hybridized carbons (Fsp3) is 0.868. The molecule has 0 radical (unpaired) electrons. The number of carbonyl (C=O) groups is 3. The van der Waals surface area contributed by atoms with Gasteiger partial charge in [0, 0.05) is 17.8 Å². The maximum Gasteiger partial charge on any atom is 0.310 e. The van der Waals surface area contributed by atoms with Crippen LogP contribution in [0.3, 0.4) is 0 Å². The molecule has 4 fully saturated rings. The Bertz CT molecular complexity index is 1160. The number of allylic oxidation sites excluding steroid dienone is 2. The van der Waals surface area contributed by atoms with Gasteiger partial charge in [0.25, 0.3) is 0 Å². The summed E-state index contributed by atoms with van der Waals surface area (Å²) < 4.78 is 6.22. The first-order valence-electron chi connectivity index (χ1n) is 17.7. The number of carbonyl (C=O) groups excluding carboxylic acids is 2. The molecule has 0 heterocycles. The molecule has 8 unspecified atom stereocenters. The van der Waals surface area contributed by atoms with E-state index in [0.717, 1.165) is 63.4 Å². The smallest absolute Gasteiger partial charge is 0.310 e. The highest BCUT2D eigenvalue weighted by atomic mass is 16.5. The Labute approximate surface area is 261 Å². The van der Waals surface area contributed by atoms with Crippen molar-refractivity contribution in [3.8, 4) is 0 Å². The van der Waals surface area contributed by atoms with Crippen LogP contribution in [0, 0.1) is 50.2 Å². The fourth-order valence-electron chi connectivity index (χ4n) is 11.7. The number of rotatable bonds is 8. The maximum absolute atomic E-state index is 14.6. The van der Waals surface area contributed by atoms with Crippen molar-refractivity contribution in [1.82, 2.24) is 0 Å². The zero-order valence-electron chi connectivity index (χ0n) is 28.6. The molecule has 242 valence electrons. The Hall–Kier alpha value is -1.65. The fourth-order valence-corrected chi connectivity index (χ4v) is 11.7. The van der Waals surface area contributed by atoms with Gasteiger partial charge in [-0.25, -0.2) is 0 Å². The van der Waals surface area contributed by atoms with Crippen molar-refractivity contribution in [3.05, 3.63) is 11.6 Å². The van der Waals surface area contributed by atoms with Gasteiger partial charge in [-0.1, -0.05) is 86.6 Å². The number of hydrogen-bond donors (Lipinski definition) is 1. The summed E-state index contributed by atoms with van der Waals surface area (Å²) in [6.45, 7) is 18.4. The monoisotopic (exact) mass is 596 g/mol. The Morgan fingerprint density at radius 2 is 1.56 bits per heavy atom. The molecule has 5 aliphatic carbocycles. The molecule has 5 aliphatic rings. The van der Waals surface area contributed by atoms with Gasteiger partial charge in [0.15, 0.2) is 5.78 Å². The van der Waals surface area contributed by atoms with Crippen LogP contribution in [0.5, 0.6) is 0 Å². The molecule has 5 nitrogen and oxygen atoms in total. The molecule has 1 N–H and O–H groups in total. The Morgan fingerprint density at radius 1 is 0.884 bits per heavy atom. The lowest BCUT2D eigenvalue weighted by Gasteiger charge is -2.70. The molecule has 5 rings (SSSR count). The van der Waals surface area contributed by atoms with Crippen LogP contribution in [0.25, 0.3) is 0 Å². The van der Waals surface area contributed by atoms with Crippen LogP contribution >= 0.6 is 0 Å². The lowest BCUT2D eigenvalue weighted by Crippen LogP contribution is -2.67. The lowest BCUT2D eigenvalue weighted by molar-refractivity contribution is -0.212. The summed E-state index contributed by atoms with van der Waals surface area (Å²) in [5.74, 6) is -0.393. The highest BCUT2D eigenvalue weighted by Crippen LogP contribution is 2.75. The van der Waals surface area contributed by atoms with Crippen molar-refractivity contribution < 1.29 is 24.2 Å². The quantitative estimate of drug-likeness (QED) is 0.223. The summed E-state index contributed by atoms with van der Waals surface area (Å²) in [5, 5.41) is 10.6. The molecule has 0 bridgehead atoms. The van der Waals surface area contributed by atoms with E-state index in [4.69, 9.17) is 4.74 Å². The van der Waals surface area contributed by atoms with Gasteiger partial charge >= 0.3 is 11.9 Å². The summed E-state index contributed by atoms with van der Waals surface area (Å²) >= 11 is 0. The van der Waals surface area contributed by atoms with E-state index in [2.05, 4.69) is 55.4 Å². The zero-order chi connectivity index (χ0) is 31.6. The molecule has 0 amide bonds. The third kappa shape index (κ3) is 4.96. The van der Waals surface area contributed by atoms with E-state index in [-0.39, 0.29) is 62.7 Å². The van der Waals surface area contributed by atoms with E-state index in [0.29, 0.717) is 19.3 Å². The van der Waals surface area contributed by atoms with E-state index < -0.39 is 11.4 Å². The third-order valence-corrected chi connectivity index (χ3v) is 14.5. The predicted octanol–water partition coefficient (Wildman–Crippen LogP) is 9.32. The molecule has 5 heteroatoms. The SMILES string of the molecule is CCCCCCCC(=O)OC1CCC2(C)C(CCC3(C)C2C(=O)C=C2C4CC(C)(C)CCC4(C(=O)O)CCC23C)C1(C)C. The van der Waals surface area contributed by atoms with Crippen LogP contribution in [-0.2, 0) is 19.1 Å².